The fourth-order valence-electron chi connectivity index (χ4n) is 1.14. The third-order valence-electron chi connectivity index (χ3n) is 1.79. The first kappa shape index (κ1) is 11.8. The molecule has 0 aliphatic rings. The number of anilines is 1. The Morgan fingerprint density at radius 2 is 2.20 bits per heavy atom. The number of aromatic nitrogens is 1. The lowest BCUT2D eigenvalue weighted by molar-refractivity contribution is 0.110. The lowest BCUT2D eigenvalue weighted by atomic mass is 10.4. The molecule has 15 heavy (non-hydrogen) atoms. The molecule has 0 saturated heterocycles. The fraction of sp³-hybridized carbons (Fsp3) is 0.545. The molecule has 1 aromatic rings. The third kappa shape index (κ3) is 4.65. The molecule has 1 rings (SSSR count). The Morgan fingerprint density at radius 1 is 1.33 bits per heavy atom. The van der Waals surface area contributed by atoms with Gasteiger partial charge >= 0.3 is 0 Å². The summed E-state index contributed by atoms with van der Waals surface area (Å²) in [5.41, 5.74) is 0. The molecular formula is C11H18N2O2. The van der Waals surface area contributed by atoms with Gasteiger partial charge in [-0.25, -0.2) is 4.98 Å². The summed E-state index contributed by atoms with van der Waals surface area (Å²) in [7, 11) is 0. The summed E-state index contributed by atoms with van der Waals surface area (Å²) >= 11 is 0. The number of rotatable bonds is 7. The van der Waals surface area contributed by atoms with E-state index in [9.17, 15) is 0 Å². The minimum atomic E-state index is 0.573. The zero-order chi connectivity index (χ0) is 10.9. The first-order valence-electron chi connectivity index (χ1n) is 5.27. The molecular weight excluding hydrogens is 192 g/mol. The van der Waals surface area contributed by atoms with E-state index in [4.69, 9.17) is 9.47 Å². The van der Waals surface area contributed by atoms with Crippen molar-refractivity contribution in [2.45, 2.75) is 13.8 Å². The zero-order valence-electron chi connectivity index (χ0n) is 9.32. The van der Waals surface area contributed by atoms with E-state index in [1.54, 1.807) is 6.20 Å². The summed E-state index contributed by atoms with van der Waals surface area (Å²) in [6.07, 6.45) is 1.73. The van der Waals surface area contributed by atoms with Crippen molar-refractivity contribution in [3.05, 3.63) is 18.3 Å². The Bertz CT molecular complexity index is 279. The molecule has 0 saturated carbocycles. The molecule has 0 atom stereocenters. The van der Waals surface area contributed by atoms with E-state index in [0.29, 0.717) is 13.2 Å². The van der Waals surface area contributed by atoms with Crippen molar-refractivity contribution >= 4 is 5.82 Å². The highest BCUT2D eigenvalue weighted by Crippen LogP contribution is 2.13. The Balaban J connectivity index is 2.36. The molecule has 0 aliphatic heterocycles. The molecule has 1 N–H and O–H groups in total. The summed E-state index contributed by atoms with van der Waals surface area (Å²) in [5, 5.41) is 3.13. The Kier molecular flexibility index (Phi) is 5.55. The summed E-state index contributed by atoms with van der Waals surface area (Å²) in [5.74, 6) is 1.66. The average Bonchev–Trinajstić information content (AvgIpc) is 2.26. The van der Waals surface area contributed by atoms with Gasteiger partial charge in [0.1, 0.15) is 18.2 Å². The maximum atomic E-state index is 5.49. The van der Waals surface area contributed by atoms with E-state index in [-0.39, 0.29) is 0 Å². The van der Waals surface area contributed by atoms with Gasteiger partial charge in [-0.05, 0) is 19.9 Å². The quantitative estimate of drug-likeness (QED) is 0.698. The lowest BCUT2D eigenvalue weighted by Crippen LogP contribution is -2.07. The molecule has 0 unspecified atom stereocenters. The molecule has 1 heterocycles. The van der Waals surface area contributed by atoms with Crippen LogP contribution in [0.4, 0.5) is 5.82 Å². The van der Waals surface area contributed by atoms with Crippen LogP contribution in [-0.4, -0.2) is 31.3 Å². The van der Waals surface area contributed by atoms with Gasteiger partial charge in [0.15, 0.2) is 0 Å². The Labute approximate surface area is 90.6 Å². The van der Waals surface area contributed by atoms with Crippen molar-refractivity contribution < 1.29 is 9.47 Å². The summed E-state index contributed by atoms with van der Waals surface area (Å²) in [4.78, 5) is 4.15. The SMILES string of the molecule is CCNc1cc(OCCOCC)ccn1. The van der Waals surface area contributed by atoms with Crippen molar-refractivity contribution in [2.75, 3.05) is 31.7 Å². The number of pyridine rings is 1. The van der Waals surface area contributed by atoms with Crippen LogP contribution < -0.4 is 10.1 Å². The Morgan fingerprint density at radius 3 is 2.93 bits per heavy atom. The van der Waals surface area contributed by atoms with Crippen LogP contribution in [0.1, 0.15) is 13.8 Å². The maximum Gasteiger partial charge on any atom is 0.129 e. The zero-order valence-corrected chi connectivity index (χ0v) is 9.32. The number of hydrogen-bond acceptors (Lipinski definition) is 4. The molecule has 4 heteroatoms. The van der Waals surface area contributed by atoms with Crippen LogP contribution in [0.5, 0.6) is 5.75 Å². The van der Waals surface area contributed by atoms with E-state index in [1.165, 1.54) is 0 Å². The van der Waals surface area contributed by atoms with Crippen molar-refractivity contribution in [3.63, 3.8) is 0 Å². The lowest BCUT2D eigenvalue weighted by Gasteiger charge is -2.07. The van der Waals surface area contributed by atoms with Gasteiger partial charge in [0.05, 0.1) is 6.61 Å². The molecule has 84 valence electrons. The highest BCUT2D eigenvalue weighted by molar-refractivity contribution is 5.40. The van der Waals surface area contributed by atoms with Crippen LogP contribution in [0, 0.1) is 0 Å². The second-order valence-corrected chi connectivity index (χ2v) is 2.95. The molecule has 0 bridgehead atoms. The second kappa shape index (κ2) is 7.06. The predicted octanol–water partition coefficient (Wildman–Crippen LogP) is 1.93. The minimum Gasteiger partial charge on any atom is -0.491 e. The van der Waals surface area contributed by atoms with Gasteiger partial charge in [0.2, 0.25) is 0 Å². The monoisotopic (exact) mass is 210 g/mol. The van der Waals surface area contributed by atoms with Crippen molar-refractivity contribution in [3.8, 4) is 5.75 Å². The van der Waals surface area contributed by atoms with Crippen LogP contribution in [0.25, 0.3) is 0 Å². The molecule has 0 radical (unpaired) electrons. The normalized spacial score (nSPS) is 10.0. The van der Waals surface area contributed by atoms with Crippen LogP contribution in [0.3, 0.4) is 0 Å². The number of ether oxygens (including phenoxy) is 2. The standard InChI is InChI=1S/C11H18N2O2/c1-3-12-11-9-10(5-6-13-11)15-8-7-14-4-2/h5-6,9H,3-4,7-8H2,1-2H3,(H,12,13). The van der Waals surface area contributed by atoms with Gasteiger partial charge < -0.3 is 14.8 Å². The highest BCUT2D eigenvalue weighted by Gasteiger charge is 1.96. The fourth-order valence-corrected chi connectivity index (χ4v) is 1.14. The predicted molar refractivity (Wildman–Crippen MR) is 60.4 cm³/mol. The first-order chi connectivity index (χ1) is 7.36. The second-order valence-electron chi connectivity index (χ2n) is 2.95. The van der Waals surface area contributed by atoms with Gasteiger partial charge in [0, 0.05) is 25.4 Å². The van der Waals surface area contributed by atoms with E-state index >= 15 is 0 Å². The smallest absolute Gasteiger partial charge is 0.129 e. The van der Waals surface area contributed by atoms with Crippen LogP contribution in [-0.2, 0) is 4.74 Å². The average molecular weight is 210 g/mol. The molecule has 1 aromatic heterocycles. The van der Waals surface area contributed by atoms with E-state index < -0.39 is 0 Å². The molecule has 0 aliphatic carbocycles. The van der Waals surface area contributed by atoms with Crippen LogP contribution in [0.2, 0.25) is 0 Å². The van der Waals surface area contributed by atoms with Crippen LogP contribution in [0.15, 0.2) is 18.3 Å². The summed E-state index contributed by atoms with van der Waals surface area (Å²) in [6, 6.07) is 3.72. The van der Waals surface area contributed by atoms with E-state index in [0.717, 1.165) is 24.7 Å². The molecule has 4 nitrogen and oxygen atoms in total. The number of nitrogens with zero attached hydrogens (tertiary/aromatic N) is 1. The molecule has 0 amide bonds. The number of hydrogen-bond donors (Lipinski definition) is 1. The van der Waals surface area contributed by atoms with E-state index in [2.05, 4.69) is 10.3 Å². The van der Waals surface area contributed by atoms with Crippen molar-refractivity contribution in [2.24, 2.45) is 0 Å². The molecule has 0 aromatic carbocycles. The van der Waals surface area contributed by atoms with Gasteiger partial charge in [-0.1, -0.05) is 0 Å². The summed E-state index contributed by atoms with van der Waals surface area (Å²) in [6.45, 7) is 6.77. The van der Waals surface area contributed by atoms with Gasteiger partial charge in [-0.15, -0.1) is 0 Å². The van der Waals surface area contributed by atoms with Crippen molar-refractivity contribution in [1.82, 2.24) is 4.98 Å². The topological polar surface area (TPSA) is 43.4 Å². The summed E-state index contributed by atoms with van der Waals surface area (Å²) < 4.78 is 10.7. The number of nitrogens with one attached hydrogen (secondary N) is 1. The first-order valence-corrected chi connectivity index (χ1v) is 5.27. The third-order valence-corrected chi connectivity index (χ3v) is 1.79. The maximum absolute atomic E-state index is 5.49. The van der Waals surface area contributed by atoms with Gasteiger partial charge in [-0.3, -0.25) is 0 Å². The van der Waals surface area contributed by atoms with Crippen molar-refractivity contribution in [1.29, 1.82) is 0 Å². The van der Waals surface area contributed by atoms with E-state index in [1.807, 2.05) is 26.0 Å². The molecule has 0 fully saturated rings. The van der Waals surface area contributed by atoms with Gasteiger partial charge in [0.25, 0.3) is 0 Å². The largest absolute Gasteiger partial charge is 0.491 e. The molecule has 0 spiro atoms. The highest BCUT2D eigenvalue weighted by atomic mass is 16.5. The minimum absolute atomic E-state index is 0.573. The van der Waals surface area contributed by atoms with Gasteiger partial charge in [-0.2, -0.15) is 0 Å². The van der Waals surface area contributed by atoms with Crippen LogP contribution >= 0.6 is 0 Å². The Hall–Kier alpha value is -1.29.